The van der Waals surface area contributed by atoms with Crippen LogP contribution in [0.4, 0.5) is 0 Å². The maximum atomic E-state index is 12.9. The van der Waals surface area contributed by atoms with E-state index in [9.17, 15) is 4.79 Å². The topological polar surface area (TPSA) is 32.8 Å². The first-order valence-electron chi connectivity index (χ1n) is 10.2. The molecular formula is C24H24Cl2N2O2S. The number of piperazine rings is 1. The highest BCUT2D eigenvalue weighted by atomic mass is 35.5. The molecule has 0 bridgehead atoms. The van der Waals surface area contributed by atoms with Crippen LogP contribution in [0.1, 0.15) is 26.4 Å². The Kier molecular flexibility index (Phi) is 7.18. The summed E-state index contributed by atoms with van der Waals surface area (Å²) in [5, 5.41) is 3.15. The first-order chi connectivity index (χ1) is 15.0. The molecule has 2 heterocycles. The van der Waals surface area contributed by atoms with Gasteiger partial charge in [-0.2, -0.15) is 0 Å². The standard InChI is InChI=1S/C24H24Cl2N2O2S/c1-17-4-2-3-5-22(17)30-15-19-13-23(31-16-19)24(29)28-10-8-27(9-11-28)14-18-6-7-20(25)21(26)12-18/h2-7,12-13,16H,8-11,14-15H2,1H3. The predicted octanol–water partition coefficient (Wildman–Crippen LogP) is 5.90. The van der Waals surface area contributed by atoms with E-state index in [-0.39, 0.29) is 5.91 Å². The molecule has 1 aromatic heterocycles. The smallest absolute Gasteiger partial charge is 0.264 e. The molecule has 1 aliphatic heterocycles. The molecule has 2 aromatic carbocycles. The van der Waals surface area contributed by atoms with Crippen LogP contribution in [0.3, 0.4) is 0 Å². The summed E-state index contributed by atoms with van der Waals surface area (Å²) in [5.74, 6) is 0.973. The van der Waals surface area contributed by atoms with Crippen LogP contribution < -0.4 is 4.74 Å². The molecule has 1 saturated heterocycles. The van der Waals surface area contributed by atoms with Gasteiger partial charge in [0, 0.05) is 38.3 Å². The van der Waals surface area contributed by atoms with Crippen molar-refractivity contribution in [3.63, 3.8) is 0 Å². The molecular weight excluding hydrogens is 451 g/mol. The Hall–Kier alpha value is -2.05. The number of halogens is 2. The number of aryl methyl sites for hydroxylation is 1. The van der Waals surface area contributed by atoms with E-state index in [1.165, 1.54) is 11.3 Å². The Balaban J connectivity index is 1.28. The summed E-state index contributed by atoms with van der Waals surface area (Å²) < 4.78 is 5.91. The van der Waals surface area contributed by atoms with Gasteiger partial charge >= 0.3 is 0 Å². The van der Waals surface area contributed by atoms with Gasteiger partial charge in [-0.15, -0.1) is 11.3 Å². The van der Waals surface area contributed by atoms with Crippen molar-refractivity contribution >= 4 is 40.4 Å². The van der Waals surface area contributed by atoms with Gasteiger partial charge in [0.1, 0.15) is 12.4 Å². The molecule has 0 unspecified atom stereocenters. The number of carbonyl (C=O) groups excluding carboxylic acids is 1. The first-order valence-corrected chi connectivity index (χ1v) is 11.8. The zero-order chi connectivity index (χ0) is 21.8. The summed E-state index contributed by atoms with van der Waals surface area (Å²) in [7, 11) is 0. The van der Waals surface area contributed by atoms with Gasteiger partial charge in [0.15, 0.2) is 0 Å². The number of thiophene rings is 1. The van der Waals surface area contributed by atoms with Crippen molar-refractivity contribution in [1.82, 2.24) is 9.80 Å². The maximum Gasteiger partial charge on any atom is 0.264 e. The lowest BCUT2D eigenvalue weighted by Crippen LogP contribution is -2.48. The predicted molar refractivity (Wildman–Crippen MR) is 127 cm³/mol. The van der Waals surface area contributed by atoms with Crippen LogP contribution in [0.5, 0.6) is 5.75 Å². The lowest BCUT2D eigenvalue weighted by molar-refractivity contribution is 0.0633. The summed E-state index contributed by atoms with van der Waals surface area (Å²) in [5.41, 5.74) is 3.26. The highest BCUT2D eigenvalue weighted by Gasteiger charge is 2.23. The Morgan fingerprint density at radius 3 is 2.52 bits per heavy atom. The molecule has 4 rings (SSSR count). The number of rotatable bonds is 6. The van der Waals surface area contributed by atoms with E-state index in [1.54, 1.807) is 0 Å². The third-order valence-electron chi connectivity index (χ3n) is 5.40. The van der Waals surface area contributed by atoms with Gasteiger partial charge in [0.25, 0.3) is 5.91 Å². The number of nitrogens with zero attached hydrogens (tertiary/aromatic N) is 2. The second-order valence-electron chi connectivity index (χ2n) is 7.69. The van der Waals surface area contributed by atoms with Gasteiger partial charge in [-0.3, -0.25) is 9.69 Å². The van der Waals surface area contributed by atoms with E-state index in [0.717, 1.165) is 47.0 Å². The van der Waals surface area contributed by atoms with Crippen LogP contribution in [-0.2, 0) is 13.2 Å². The number of carbonyl (C=O) groups is 1. The molecule has 1 aliphatic rings. The van der Waals surface area contributed by atoms with Gasteiger partial charge < -0.3 is 9.64 Å². The highest BCUT2D eigenvalue weighted by Crippen LogP contribution is 2.24. The Bertz CT molecular complexity index is 1060. The van der Waals surface area contributed by atoms with Gasteiger partial charge in [0.2, 0.25) is 0 Å². The summed E-state index contributed by atoms with van der Waals surface area (Å²) >= 11 is 13.6. The summed E-state index contributed by atoms with van der Waals surface area (Å²) in [6.07, 6.45) is 0. The van der Waals surface area contributed by atoms with Crippen molar-refractivity contribution in [3.8, 4) is 5.75 Å². The molecule has 31 heavy (non-hydrogen) atoms. The average Bonchev–Trinajstić information content (AvgIpc) is 3.25. The Morgan fingerprint density at radius 2 is 1.77 bits per heavy atom. The fraction of sp³-hybridized carbons (Fsp3) is 0.292. The van der Waals surface area contributed by atoms with E-state index < -0.39 is 0 Å². The molecule has 0 aliphatic carbocycles. The van der Waals surface area contributed by atoms with Crippen molar-refractivity contribution in [2.45, 2.75) is 20.1 Å². The number of ether oxygens (including phenoxy) is 1. The molecule has 162 valence electrons. The third kappa shape index (κ3) is 5.60. The van der Waals surface area contributed by atoms with Crippen molar-refractivity contribution in [2.24, 2.45) is 0 Å². The fourth-order valence-corrected chi connectivity index (χ4v) is 4.79. The summed E-state index contributed by atoms with van der Waals surface area (Å²) in [6, 6.07) is 15.6. The van der Waals surface area contributed by atoms with Crippen LogP contribution in [0.2, 0.25) is 10.0 Å². The van der Waals surface area contributed by atoms with Crippen LogP contribution in [-0.4, -0.2) is 41.9 Å². The zero-order valence-electron chi connectivity index (χ0n) is 17.3. The van der Waals surface area contributed by atoms with E-state index >= 15 is 0 Å². The largest absolute Gasteiger partial charge is 0.489 e. The molecule has 0 saturated carbocycles. The molecule has 0 atom stereocenters. The monoisotopic (exact) mass is 474 g/mol. The molecule has 0 N–H and O–H groups in total. The quantitative estimate of drug-likeness (QED) is 0.445. The Labute approximate surface area is 197 Å². The van der Waals surface area contributed by atoms with Crippen molar-refractivity contribution in [1.29, 1.82) is 0 Å². The molecule has 4 nitrogen and oxygen atoms in total. The lowest BCUT2D eigenvalue weighted by Gasteiger charge is -2.34. The van der Waals surface area contributed by atoms with Gasteiger partial charge in [-0.25, -0.2) is 0 Å². The van der Waals surface area contributed by atoms with Gasteiger partial charge in [-0.05, 0) is 47.7 Å². The molecule has 1 amide bonds. The van der Waals surface area contributed by atoms with Crippen LogP contribution in [0.25, 0.3) is 0 Å². The summed E-state index contributed by atoms with van der Waals surface area (Å²) in [6.45, 7) is 6.39. The molecule has 3 aromatic rings. The van der Waals surface area contributed by atoms with Crippen molar-refractivity contribution < 1.29 is 9.53 Å². The second kappa shape index (κ2) is 10.0. The molecule has 0 radical (unpaired) electrons. The van der Waals surface area contributed by atoms with E-state index in [4.69, 9.17) is 27.9 Å². The summed E-state index contributed by atoms with van der Waals surface area (Å²) in [4.78, 5) is 18.0. The van der Waals surface area contributed by atoms with Gasteiger partial charge in [0.05, 0.1) is 14.9 Å². The number of amides is 1. The number of benzene rings is 2. The molecule has 1 fully saturated rings. The normalized spacial score (nSPS) is 14.6. The fourth-order valence-electron chi connectivity index (χ4n) is 3.60. The van der Waals surface area contributed by atoms with Crippen molar-refractivity contribution in [3.05, 3.63) is 85.5 Å². The number of hydrogen-bond acceptors (Lipinski definition) is 4. The number of para-hydroxylation sites is 1. The van der Waals surface area contributed by atoms with Crippen LogP contribution >= 0.6 is 34.5 Å². The minimum atomic E-state index is 0.0985. The average molecular weight is 475 g/mol. The van der Waals surface area contributed by atoms with E-state index in [2.05, 4.69) is 4.90 Å². The number of hydrogen-bond donors (Lipinski definition) is 0. The zero-order valence-corrected chi connectivity index (χ0v) is 19.6. The van der Waals surface area contributed by atoms with Crippen molar-refractivity contribution in [2.75, 3.05) is 26.2 Å². The SMILES string of the molecule is Cc1ccccc1OCc1csc(C(=O)N2CCN(Cc3ccc(Cl)c(Cl)c3)CC2)c1. The molecule has 7 heteroatoms. The highest BCUT2D eigenvalue weighted by molar-refractivity contribution is 7.12. The minimum Gasteiger partial charge on any atom is -0.489 e. The van der Waals surface area contributed by atoms with Crippen LogP contribution in [0.15, 0.2) is 53.9 Å². The van der Waals surface area contributed by atoms with Gasteiger partial charge in [-0.1, -0.05) is 47.5 Å². The Morgan fingerprint density at radius 1 is 1.00 bits per heavy atom. The third-order valence-corrected chi connectivity index (χ3v) is 7.11. The van der Waals surface area contributed by atoms with Crippen LogP contribution in [0, 0.1) is 6.92 Å². The first kappa shape index (κ1) is 22.2. The molecule has 0 spiro atoms. The minimum absolute atomic E-state index is 0.0985. The van der Waals surface area contributed by atoms with E-state index in [0.29, 0.717) is 29.7 Å². The van der Waals surface area contributed by atoms with E-state index in [1.807, 2.05) is 65.7 Å². The second-order valence-corrected chi connectivity index (χ2v) is 9.42. The maximum absolute atomic E-state index is 12.9. The lowest BCUT2D eigenvalue weighted by atomic mass is 10.2.